The molecule has 2 rings (SSSR count). The molecule has 1 aromatic carbocycles. The first-order valence-electron chi connectivity index (χ1n) is 10.00. The molecule has 0 aromatic heterocycles. The highest BCUT2D eigenvalue weighted by atomic mass is 32.2. The van der Waals surface area contributed by atoms with Crippen LogP contribution in [0.4, 0.5) is 4.79 Å². The number of rotatable bonds is 6. The fourth-order valence-electron chi connectivity index (χ4n) is 3.24. The van der Waals surface area contributed by atoms with Crippen LogP contribution in [-0.4, -0.2) is 55.9 Å². The molecule has 1 heterocycles. The number of ether oxygens (including phenoxy) is 1. The van der Waals surface area contributed by atoms with Crippen molar-refractivity contribution in [2.24, 2.45) is 0 Å². The summed E-state index contributed by atoms with van der Waals surface area (Å²) >= 11 is 0. The van der Waals surface area contributed by atoms with Crippen LogP contribution in [0.5, 0.6) is 0 Å². The van der Waals surface area contributed by atoms with E-state index >= 15 is 0 Å². The Labute approximate surface area is 177 Å². The van der Waals surface area contributed by atoms with Crippen LogP contribution in [0, 0.1) is 6.92 Å². The van der Waals surface area contributed by atoms with Gasteiger partial charge in [-0.05, 0) is 58.2 Å². The van der Waals surface area contributed by atoms with Gasteiger partial charge in [0.15, 0.2) is 6.10 Å². The zero-order valence-corrected chi connectivity index (χ0v) is 18.5. The number of carbonyl (C=O) groups excluding carboxylic acids is 3. The number of nitrogens with one attached hydrogen (secondary N) is 2. The van der Waals surface area contributed by atoms with Gasteiger partial charge in [0.1, 0.15) is 0 Å². The van der Waals surface area contributed by atoms with Gasteiger partial charge in [0, 0.05) is 19.1 Å². The lowest BCUT2D eigenvalue weighted by molar-refractivity contribution is -0.127. The Kier molecular flexibility index (Phi) is 7.96. The standard InChI is InChI=1S/C20H29N3O6S/c1-5-21-20(26)22-18(24)15(4)29-19(25)17-12-16(10-9-13(17)2)30(27,28)23-11-7-6-8-14(23)3/h9-10,12,14-15H,5-8,11H2,1-4H3,(H2,21,22,24,26). The topological polar surface area (TPSA) is 122 Å². The number of amides is 3. The predicted molar refractivity (Wildman–Crippen MR) is 110 cm³/mol. The molecule has 0 bridgehead atoms. The minimum atomic E-state index is -3.76. The van der Waals surface area contributed by atoms with Gasteiger partial charge in [0.05, 0.1) is 10.5 Å². The van der Waals surface area contributed by atoms with Crippen LogP contribution < -0.4 is 10.6 Å². The second kappa shape index (κ2) is 10.0. The molecule has 2 unspecified atom stereocenters. The SMILES string of the molecule is CCNC(=O)NC(=O)C(C)OC(=O)c1cc(S(=O)(=O)N2CCCCC2C)ccc1C. The lowest BCUT2D eigenvalue weighted by Gasteiger charge is -2.32. The number of sulfonamides is 1. The van der Waals surface area contributed by atoms with Gasteiger partial charge in [-0.25, -0.2) is 18.0 Å². The van der Waals surface area contributed by atoms with E-state index in [0.29, 0.717) is 18.7 Å². The first-order chi connectivity index (χ1) is 14.1. The van der Waals surface area contributed by atoms with E-state index in [1.165, 1.54) is 29.4 Å². The van der Waals surface area contributed by atoms with Gasteiger partial charge < -0.3 is 10.1 Å². The third-order valence-corrected chi connectivity index (χ3v) is 7.01. The molecule has 1 fully saturated rings. The number of esters is 1. The maximum absolute atomic E-state index is 13.1. The van der Waals surface area contributed by atoms with Gasteiger partial charge in [-0.3, -0.25) is 10.1 Å². The number of carbonyl (C=O) groups is 3. The lowest BCUT2D eigenvalue weighted by Crippen LogP contribution is -2.44. The van der Waals surface area contributed by atoms with Crippen molar-refractivity contribution in [3.63, 3.8) is 0 Å². The Hall–Kier alpha value is -2.46. The fraction of sp³-hybridized carbons (Fsp3) is 0.550. The summed E-state index contributed by atoms with van der Waals surface area (Å²) in [6.07, 6.45) is 1.33. The van der Waals surface area contributed by atoms with Crippen molar-refractivity contribution in [3.8, 4) is 0 Å². The number of imide groups is 1. The zero-order chi connectivity index (χ0) is 22.5. The van der Waals surface area contributed by atoms with Crippen molar-refractivity contribution < 1.29 is 27.5 Å². The lowest BCUT2D eigenvalue weighted by atomic mass is 10.1. The minimum Gasteiger partial charge on any atom is -0.449 e. The number of aryl methyl sites for hydroxylation is 1. The molecule has 1 aromatic rings. The molecule has 166 valence electrons. The van der Waals surface area contributed by atoms with Crippen LogP contribution in [0.2, 0.25) is 0 Å². The Balaban J connectivity index is 2.19. The highest BCUT2D eigenvalue weighted by molar-refractivity contribution is 7.89. The Morgan fingerprint density at radius 1 is 1.27 bits per heavy atom. The normalized spacial score (nSPS) is 18.3. The smallest absolute Gasteiger partial charge is 0.339 e. The van der Waals surface area contributed by atoms with Gasteiger partial charge in [0.2, 0.25) is 10.0 Å². The summed E-state index contributed by atoms with van der Waals surface area (Å²) in [5.74, 6) is -1.62. The maximum atomic E-state index is 13.1. The molecular weight excluding hydrogens is 410 g/mol. The summed E-state index contributed by atoms with van der Waals surface area (Å²) in [6, 6.07) is 3.48. The molecular formula is C20H29N3O6S. The Morgan fingerprint density at radius 3 is 2.60 bits per heavy atom. The molecule has 2 N–H and O–H groups in total. The van der Waals surface area contributed by atoms with Crippen molar-refractivity contribution in [1.29, 1.82) is 0 Å². The van der Waals surface area contributed by atoms with Gasteiger partial charge in [0.25, 0.3) is 5.91 Å². The van der Waals surface area contributed by atoms with Crippen LogP contribution in [0.3, 0.4) is 0 Å². The van der Waals surface area contributed by atoms with Crippen LogP contribution in [0.1, 0.15) is 56.0 Å². The number of benzene rings is 1. The van der Waals surface area contributed by atoms with E-state index in [0.717, 1.165) is 19.3 Å². The first kappa shape index (κ1) is 23.8. The van der Waals surface area contributed by atoms with E-state index in [1.807, 2.05) is 6.92 Å². The van der Waals surface area contributed by atoms with E-state index in [1.54, 1.807) is 13.8 Å². The Bertz CT molecular complexity index is 915. The van der Waals surface area contributed by atoms with Crippen LogP contribution in [-0.2, 0) is 19.6 Å². The molecule has 2 atom stereocenters. The number of nitrogens with zero attached hydrogens (tertiary/aromatic N) is 1. The van der Waals surface area contributed by atoms with Crippen LogP contribution in [0.15, 0.2) is 23.1 Å². The summed E-state index contributed by atoms with van der Waals surface area (Å²) in [5, 5.41) is 4.47. The largest absolute Gasteiger partial charge is 0.449 e. The zero-order valence-electron chi connectivity index (χ0n) is 17.7. The number of piperidine rings is 1. The summed E-state index contributed by atoms with van der Waals surface area (Å²) in [5.41, 5.74) is 0.570. The molecule has 3 amide bonds. The van der Waals surface area contributed by atoms with Crippen molar-refractivity contribution >= 4 is 27.9 Å². The fourth-order valence-corrected chi connectivity index (χ4v) is 4.97. The highest BCUT2D eigenvalue weighted by Crippen LogP contribution is 2.26. The molecule has 0 radical (unpaired) electrons. The monoisotopic (exact) mass is 439 g/mol. The molecule has 30 heavy (non-hydrogen) atoms. The quantitative estimate of drug-likeness (QED) is 0.654. The molecule has 0 spiro atoms. The minimum absolute atomic E-state index is 0.00762. The van der Waals surface area contributed by atoms with Crippen molar-refractivity contribution in [1.82, 2.24) is 14.9 Å². The Morgan fingerprint density at radius 2 is 1.97 bits per heavy atom. The average molecular weight is 440 g/mol. The molecule has 1 aliphatic heterocycles. The molecule has 0 saturated carbocycles. The summed E-state index contributed by atoms with van der Waals surface area (Å²) in [4.78, 5) is 36.0. The van der Waals surface area contributed by atoms with E-state index in [4.69, 9.17) is 4.74 Å². The maximum Gasteiger partial charge on any atom is 0.339 e. The number of hydrogen-bond donors (Lipinski definition) is 2. The average Bonchev–Trinajstić information content (AvgIpc) is 2.68. The second-order valence-electron chi connectivity index (χ2n) is 7.33. The molecule has 10 heteroatoms. The van der Waals surface area contributed by atoms with Crippen LogP contribution >= 0.6 is 0 Å². The first-order valence-corrected chi connectivity index (χ1v) is 11.4. The van der Waals surface area contributed by atoms with E-state index in [-0.39, 0.29) is 16.5 Å². The number of hydrogen-bond acceptors (Lipinski definition) is 6. The van der Waals surface area contributed by atoms with Crippen LogP contribution in [0.25, 0.3) is 0 Å². The molecule has 9 nitrogen and oxygen atoms in total. The number of urea groups is 1. The van der Waals surface area contributed by atoms with Gasteiger partial charge in [-0.15, -0.1) is 0 Å². The summed E-state index contributed by atoms with van der Waals surface area (Å²) < 4.78 is 32.7. The van der Waals surface area contributed by atoms with Gasteiger partial charge >= 0.3 is 12.0 Å². The summed E-state index contributed by atoms with van der Waals surface area (Å²) in [7, 11) is -3.76. The van der Waals surface area contributed by atoms with Gasteiger partial charge in [-0.2, -0.15) is 4.31 Å². The van der Waals surface area contributed by atoms with E-state index < -0.39 is 34.0 Å². The molecule has 1 saturated heterocycles. The summed E-state index contributed by atoms with van der Waals surface area (Å²) in [6.45, 7) is 7.32. The third-order valence-electron chi connectivity index (χ3n) is 5.00. The predicted octanol–water partition coefficient (Wildman–Crippen LogP) is 1.95. The van der Waals surface area contributed by atoms with Crippen molar-refractivity contribution in [2.45, 2.75) is 64.0 Å². The van der Waals surface area contributed by atoms with E-state index in [2.05, 4.69) is 10.6 Å². The molecule has 0 aliphatic carbocycles. The van der Waals surface area contributed by atoms with E-state index in [9.17, 15) is 22.8 Å². The van der Waals surface area contributed by atoms with Gasteiger partial charge in [-0.1, -0.05) is 12.5 Å². The second-order valence-corrected chi connectivity index (χ2v) is 9.22. The molecule has 1 aliphatic rings. The van der Waals surface area contributed by atoms with Crippen molar-refractivity contribution in [3.05, 3.63) is 29.3 Å². The van der Waals surface area contributed by atoms with Crippen molar-refractivity contribution in [2.75, 3.05) is 13.1 Å². The third kappa shape index (κ3) is 5.57. The highest BCUT2D eigenvalue weighted by Gasteiger charge is 2.32.